The molecule has 4 rings (SSSR count). The molecule has 0 aliphatic carbocycles. The molecule has 2 aliphatic rings. The Morgan fingerprint density at radius 1 is 1.16 bits per heavy atom. The van der Waals surface area contributed by atoms with Crippen LogP contribution in [-0.2, 0) is 9.59 Å². The van der Waals surface area contributed by atoms with Crippen LogP contribution >= 0.6 is 11.3 Å². The van der Waals surface area contributed by atoms with Crippen LogP contribution in [0.3, 0.4) is 0 Å². The standard InChI is InChI=1S/C22H29N5O4S/c1-15-16(2)32-22(23-15)24-19(28)14-25-7-3-5-17(13-25)20(29)26-8-10-27(11-9-26)21(30)18-6-4-12-31-18/h4,6,12,17H,3,5,7-11,13-14H2,1-2H3,(H,23,24,28). The zero-order valence-electron chi connectivity index (χ0n) is 18.5. The Morgan fingerprint density at radius 2 is 1.91 bits per heavy atom. The first-order valence-corrected chi connectivity index (χ1v) is 11.8. The molecular formula is C22H29N5O4S. The van der Waals surface area contributed by atoms with Crippen molar-refractivity contribution in [2.24, 2.45) is 5.92 Å². The molecule has 1 atom stereocenters. The summed E-state index contributed by atoms with van der Waals surface area (Å²) < 4.78 is 5.19. The smallest absolute Gasteiger partial charge is 0.289 e. The second kappa shape index (κ2) is 9.83. The molecule has 32 heavy (non-hydrogen) atoms. The number of aryl methyl sites for hydroxylation is 2. The Bertz CT molecular complexity index is 946. The molecule has 9 nitrogen and oxygen atoms in total. The maximum Gasteiger partial charge on any atom is 0.289 e. The average Bonchev–Trinajstić information content (AvgIpc) is 3.43. The van der Waals surface area contributed by atoms with Crippen molar-refractivity contribution in [3.05, 3.63) is 34.7 Å². The van der Waals surface area contributed by atoms with Gasteiger partial charge < -0.3 is 19.5 Å². The zero-order valence-corrected chi connectivity index (χ0v) is 19.3. The van der Waals surface area contributed by atoms with Gasteiger partial charge in [-0.2, -0.15) is 0 Å². The van der Waals surface area contributed by atoms with Crippen molar-refractivity contribution in [1.82, 2.24) is 19.7 Å². The molecule has 172 valence electrons. The molecule has 10 heteroatoms. The highest BCUT2D eigenvalue weighted by atomic mass is 32.1. The molecule has 0 spiro atoms. The zero-order chi connectivity index (χ0) is 22.7. The van der Waals surface area contributed by atoms with E-state index in [0.717, 1.165) is 30.0 Å². The number of carbonyl (C=O) groups excluding carboxylic acids is 3. The van der Waals surface area contributed by atoms with E-state index in [1.165, 1.54) is 17.6 Å². The molecule has 2 aromatic heterocycles. The van der Waals surface area contributed by atoms with Gasteiger partial charge in [-0.15, -0.1) is 11.3 Å². The Balaban J connectivity index is 1.25. The van der Waals surface area contributed by atoms with E-state index in [2.05, 4.69) is 10.3 Å². The van der Waals surface area contributed by atoms with E-state index < -0.39 is 0 Å². The number of aromatic nitrogens is 1. The number of amides is 3. The third-order valence-corrected chi connectivity index (χ3v) is 7.10. The number of nitrogens with one attached hydrogen (secondary N) is 1. The van der Waals surface area contributed by atoms with Gasteiger partial charge in [-0.25, -0.2) is 4.98 Å². The number of anilines is 1. The van der Waals surface area contributed by atoms with Crippen LogP contribution in [0, 0.1) is 19.8 Å². The summed E-state index contributed by atoms with van der Waals surface area (Å²) in [5.74, 6) is 0.0909. The number of piperazine rings is 1. The van der Waals surface area contributed by atoms with Gasteiger partial charge in [0.05, 0.1) is 24.4 Å². The fourth-order valence-corrected chi connectivity index (χ4v) is 5.06. The number of nitrogens with zero attached hydrogens (tertiary/aromatic N) is 4. The van der Waals surface area contributed by atoms with Gasteiger partial charge in [0, 0.05) is 37.6 Å². The van der Waals surface area contributed by atoms with Crippen molar-refractivity contribution >= 4 is 34.2 Å². The van der Waals surface area contributed by atoms with Crippen LogP contribution in [0.25, 0.3) is 0 Å². The van der Waals surface area contributed by atoms with Crippen molar-refractivity contribution in [3.8, 4) is 0 Å². The Labute approximate surface area is 191 Å². The van der Waals surface area contributed by atoms with Crippen LogP contribution < -0.4 is 5.32 Å². The van der Waals surface area contributed by atoms with Gasteiger partial charge in [0.25, 0.3) is 5.91 Å². The van der Waals surface area contributed by atoms with E-state index in [-0.39, 0.29) is 30.2 Å². The maximum atomic E-state index is 13.1. The first kappa shape index (κ1) is 22.5. The van der Waals surface area contributed by atoms with E-state index in [9.17, 15) is 14.4 Å². The minimum Gasteiger partial charge on any atom is -0.459 e. The van der Waals surface area contributed by atoms with Gasteiger partial charge in [0.2, 0.25) is 11.8 Å². The molecule has 2 saturated heterocycles. The lowest BCUT2D eigenvalue weighted by Gasteiger charge is -2.38. The molecule has 0 bridgehead atoms. The molecule has 2 aromatic rings. The van der Waals surface area contributed by atoms with Gasteiger partial charge >= 0.3 is 0 Å². The quantitative estimate of drug-likeness (QED) is 0.734. The summed E-state index contributed by atoms with van der Waals surface area (Å²) in [7, 11) is 0. The predicted octanol–water partition coefficient (Wildman–Crippen LogP) is 1.99. The maximum absolute atomic E-state index is 13.1. The highest BCUT2D eigenvalue weighted by Gasteiger charge is 2.33. The topological polar surface area (TPSA) is 99.0 Å². The van der Waals surface area contributed by atoms with Crippen LogP contribution in [0.4, 0.5) is 5.13 Å². The predicted molar refractivity (Wildman–Crippen MR) is 121 cm³/mol. The summed E-state index contributed by atoms with van der Waals surface area (Å²) in [6.45, 7) is 7.58. The molecule has 2 fully saturated rings. The first-order valence-electron chi connectivity index (χ1n) is 11.0. The number of thiazole rings is 1. The van der Waals surface area contributed by atoms with Crippen molar-refractivity contribution in [3.63, 3.8) is 0 Å². The largest absolute Gasteiger partial charge is 0.459 e. The molecule has 3 amide bonds. The highest BCUT2D eigenvalue weighted by Crippen LogP contribution is 2.22. The summed E-state index contributed by atoms with van der Waals surface area (Å²) >= 11 is 1.47. The lowest BCUT2D eigenvalue weighted by Crippen LogP contribution is -2.54. The van der Waals surface area contributed by atoms with Gasteiger partial charge in [-0.1, -0.05) is 0 Å². The van der Waals surface area contributed by atoms with E-state index >= 15 is 0 Å². The highest BCUT2D eigenvalue weighted by molar-refractivity contribution is 7.15. The molecule has 4 heterocycles. The summed E-state index contributed by atoms with van der Waals surface area (Å²) in [6, 6.07) is 3.35. The number of hydrogen-bond acceptors (Lipinski definition) is 7. The van der Waals surface area contributed by atoms with Gasteiger partial charge in [-0.05, 0) is 45.4 Å². The minimum absolute atomic E-state index is 0.100. The van der Waals surface area contributed by atoms with E-state index in [1.807, 2.05) is 23.6 Å². The van der Waals surface area contributed by atoms with Gasteiger partial charge in [-0.3, -0.25) is 19.3 Å². The van der Waals surface area contributed by atoms with Crippen LogP contribution in [0.15, 0.2) is 22.8 Å². The second-order valence-corrected chi connectivity index (χ2v) is 9.58. The number of carbonyl (C=O) groups is 3. The summed E-state index contributed by atoms with van der Waals surface area (Å²) in [5.41, 5.74) is 0.930. The fourth-order valence-electron chi connectivity index (χ4n) is 4.23. The molecule has 1 unspecified atom stereocenters. The number of likely N-dealkylation sites (tertiary alicyclic amines) is 1. The normalized spacial score (nSPS) is 19.8. The number of furan rings is 1. The lowest BCUT2D eigenvalue weighted by atomic mass is 9.96. The third kappa shape index (κ3) is 5.18. The van der Waals surface area contributed by atoms with Crippen molar-refractivity contribution in [2.75, 3.05) is 51.1 Å². The van der Waals surface area contributed by atoms with E-state index in [4.69, 9.17) is 4.42 Å². The van der Waals surface area contributed by atoms with Crippen molar-refractivity contribution < 1.29 is 18.8 Å². The summed E-state index contributed by atoms with van der Waals surface area (Å²) in [5, 5.41) is 3.49. The van der Waals surface area contributed by atoms with Crippen LogP contribution in [0.5, 0.6) is 0 Å². The monoisotopic (exact) mass is 459 g/mol. The van der Waals surface area contributed by atoms with Crippen LogP contribution in [0.2, 0.25) is 0 Å². The average molecular weight is 460 g/mol. The molecule has 0 saturated carbocycles. The Hall–Kier alpha value is -2.72. The number of rotatable bonds is 5. The molecule has 1 N–H and O–H groups in total. The lowest BCUT2D eigenvalue weighted by molar-refractivity contribution is -0.139. The van der Waals surface area contributed by atoms with Gasteiger partial charge in [0.15, 0.2) is 10.9 Å². The minimum atomic E-state index is -0.137. The van der Waals surface area contributed by atoms with Crippen LogP contribution in [0.1, 0.15) is 34.0 Å². The molecule has 0 aromatic carbocycles. The first-order chi connectivity index (χ1) is 15.4. The second-order valence-electron chi connectivity index (χ2n) is 8.38. The van der Waals surface area contributed by atoms with Crippen molar-refractivity contribution in [1.29, 1.82) is 0 Å². The summed E-state index contributed by atoms with van der Waals surface area (Å²) in [6.07, 6.45) is 3.20. The third-order valence-electron chi connectivity index (χ3n) is 6.11. The molecule has 0 radical (unpaired) electrons. The van der Waals surface area contributed by atoms with Crippen molar-refractivity contribution in [2.45, 2.75) is 26.7 Å². The van der Waals surface area contributed by atoms with Gasteiger partial charge in [0.1, 0.15) is 0 Å². The molecular weight excluding hydrogens is 430 g/mol. The Kier molecular flexibility index (Phi) is 6.90. The van der Waals surface area contributed by atoms with Crippen LogP contribution in [-0.4, -0.2) is 83.2 Å². The fraction of sp³-hybridized carbons (Fsp3) is 0.545. The summed E-state index contributed by atoms with van der Waals surface area (Å²) in [4.78, 5) is 49.0. The number of piperidine rings is 1. The molecule has 2 aliphatic heterocycles. The number of hydrogen-bond donors (Lipinski definition) is 1. The SMILES string of the molecule is Cc1nc(NC(=O)CN2CCCC(C(=O)N3CCN(C(=O)c4ccco4)CC3)C2)sc1C. The van der Waals surface area contributed by atoms with E-state index in [0.29, 0.717) is 43.6 Å². The van der Waals surface area contributed by atoms with E-state index in [1.54, 1.807) is 17.0 Å². The Morgan fingerprint density at radius 3 is 2.56 bits per heavy atom.